The monoisotopic (exact) mass is 301 g/mol. The van der Waals surface area contributed by atoms with E-state index in [-0.39, 0.29) is 17.7 Å². The first-order valence-corrected chi connectivity index (χ1v) is 7.83. The van der Waals surface area contributed by atoms with E-state index in [9.17, 15) is 9.59 Å². The van der Waals surface area contributed by atoms with Gasteiger partial charge in [-0.25, -0.2) is 5.43 Å². The van der Waals surface area contributed by atoms with E-state index in [2.05, 4.69) is 15.8 Å². The van der Waals surface area contributed by atoms with Crippen LogP contribution in [-0.4, -0.2) is 17.5 Å². The topological polar surface area (TPSA) is 70.6 Å². The number of benzene rings is 1. The molecule has 1 fully saturated rings. The number of amides is 2. The van der Waals surface area contributed by atoms with Gasteiger partial charge in [0.25, 0.3) is 5.91 Å². The normalized spacial score (nSPS) is 14.6. The lowest BCUT2D eigenvalue weighted by Gasteiger charge is -2.12. The molecule has 22 heavy (non-hydrogen) atoms. The Morgan fingerprint density at radius 3 is 2.27 bits per heavy atom. The van der Waals surface area contributed by atoms with Crippen molar-refractivity contribution >= 4 is 23.2 Å². The highest BCUT2D eigenvalue weighted by atomic mass is 16.2. The second kappa shape index (κ2) is 7.73. The number of hydrogen-bond donors (Lipinski definition) is 2. The van der Waals surface area contributed by atoms with Gasteiger partial charge in [0.2, 0.25) is 5.91 Å². The average molecular weight is 301 g/mol. The molecule has 2 rings (SSSR count). The summed E-state index contributed by atoms with van der Waals surface area (Å²) in [6.07, 6.45) is 5.50. The highest BCUT2D eigenvalue weighted by molar-refractivity contribution is 5.97. The summed E-state index contributed by atoms with van der Waals surface area (Å²) < 4.78 is 0. The maximum atomic E-state index is 12.0. The van der Waals surface area contributed by atoms with Gasteiger partial charge in [-0.05, 0) is 49.9 Å². The number of hydrazone groups is 1. The predicted octanol–water partition coefficient (Wildman–Crippen LogP) is 3.33. The third kappa shape index (κ3) is 4.69. The quantitative estimate of drug-likeness (QED) is 0.837. The van der Waals surface area contributed by atoms with Crippen LogP contribution in [0.2, 0.25) is 0 Å². The van der Waals surface area contributed by atoms with E-state index in [0.717, 1.165) is 31.4 Å². The van der Waals surface area contributed by atoms with Crippen LogP contribution >= 0.6 is 0 Å². The number of anilines is 1. The van der Waals surface area contributed by atoms with E-state index in [1.54, 1.807) is 24.3 Å². The zero-order valence-corrected chi connectivity index (χ0v) is 13.2. The van der Waals surface area contributed by atoms with Crippen molar-refractivity contribution in [1.29, 1.82) is 0 Å². The fourth-order valence-electron chi connectivity index (χ4n) is 2.26. The first kappa shape index (κ1) is 16.2. The predicted molar refractivity (Wildman–Crippen MR) is 87.9 cm³/mol. The first-order valence-electron chi connectivity index (χ1n) is 7.83. The molecule has 1 aliphatic carbocycles. The van der Waals surface area contributed by atoms with Crippen molar-refractivity contribution in [2.75, 3.05) is 5.32 Å². The summed E-state index contributed by atoms with van der Waals surface area (Å²) in [6, 6.07) is 6.82. The standard InChI is InChI=1S/C17H23N3O2/c1-12(2)16(21)18-14-10-8-13(9-11-14)17(22)20-19-15-6-4-3-5-7-15/h8-12H,3-7H2,1-2H3,(H,18,21)(H,20,22). The maximum absolute atomic E-state index is 12.0. The van der Waals surface area contributed by atoms with Gasteiger partial charge in [-0.15, -0.1) is 0 Å². The largest absolute Gasteiger partial charge is 0.326 e. The van der Waals surface area contributed by atoms with Gasteiger partial charge in [0, 0.05) is 22.9 Å². The Hall–Kier alpha value is -2.17. The van der Waals surface area contributed by atoms with E-state index in [1.807, 2.05) is 13.8 Å². The minimum atomic E-state index is -0.222. The summed E-state index contributed by atoms with van der Waals surface area (Å²) in [4.78, 5) is 23.6. The van der Waals surface area contributed by atoms with Crippen molar-refractivity contribution < 1.29 is 9.59 Å². The van der Waals surface area contributed by atoms with E-state index in [0.29, 0.717) is 11.3 Å². The second-order valence-corrected chi connectivity index (χ2v) is 5.90. The Balaban J connectivity index is 1.92. The molecular formula is C17H23N3O2. The van der Waals surface area contributed by atoms with Crippen molar-refractivity contribution in [1.82, 2.24) is 5.43 Å². The van der Waals surface area contributed by atoms with Gasteiger partial charge < -0.3 is 5.32 Å². The van der Waals surface area contributed by atoms with Crippen LogP contribution in [0.15, 0.2) is 29.4 Å². The molecule has 5 nitrogen and oxygen atoms in total. The molecule has 0 unspecified atom stereocenters. The Morgan fingerprint density at radius 1 is 1.05 bits per heavy atom. The zero-order valence-electron chi connectivity index (χ0n) is 13.2. The molecule has 2 N–H and O–H groups in total. The molecule has 1 aromatic carbocycles. The lowest BCUT2D eigenvalue weighted by Crippen LogP contribution is -2.21. The molecular weight excluding hydrogens is 278 g/mol. The van der Waals surface area contributed by atoms with Crippen LogP contribution in [0.1, 0.15) is 56.3 Å². The minimum absolute atomic E-state index is 0.0408. The summed E-state index contributed by atoms with van der Waals surface area (Å²) in [7, 11) is 0. The smallest absolute Gasteiger partial charge is 0.271 e. The Kier molecular flexibility index (Phi) is 5.69. The fraction of sp³-hybridized carbons (Fsp3) is 0.471. The molecule has 1 aliphatic rings. The molecule has 0 radical (unpaired) electrons. The number of rotatable bonds is 4. The zero-order chi connectivity index (χ0) is 15.9. The van der Waals surface area contributed by atoms with Crippen molar-refractivity contribution in [3.05, 3.63) is 29.8 Å². The summed E-state index contributed by atoms with van der Waals surface area (Å²) in [5, 5.41) is 6.99. The molecule has 0 aliphatic heterocycles. The molecule has 0 heterocycles. The summed E-state index contributed by atoms with van der Waals surface area (Å²) in [5.74, 6) is -0.338. The Bertz CT molecular complexity index is 554. The van der Waals surface area contributed by atoms with Crippen molar-refractivity contribution in [3.8, 4) is 0 Å². The third-order valence-electron chi connectivity index (χ3n) is 3.69. The van der Waals surface area contributed by atoms with Crippen LogP contribution in [0.3, 0.4) is 0 Å². The van der Waals surface area contributed by atoms with Crippen LogP contribution in [-0.2, 0) is 4.79 Å². The molecule has 0 saturated heterocycles. The molecule has 118 valence electrons. The molecule has 5 heteroatoms. The molecule has 1 saturated carbocycles. The Labute approximate surface area is 131 Å². The summed E-state index contributed by atoms with van der Waals surface area (Å²) >= 11 is 0. The van der Waals surface area contributed by atoms with Gasteiger partial charge in [-0.2, -0.15) is 5.10 Å². The number of nitrogens with one attached hydrogen (secondary N) is 2. The summed E-state index contributed by atoms with van der Waals surface area (Å²) in [6.45, 7) is 3.67. The lowest BCUT2D eigenvalue weighted by molar-refractivity contribution is -0.118. The van der Waals surface area contributed by atoms with Gasteiger partial charge in [0.15, 0.2) is 0 Å². The van der Waals surface area contributed by atoms with Crippen molar-refractivity contribution in [2.45, 2.75) is 46.0 Å². The fourth-order valence-corrected chi connectivity index (χ4v) is 2.26. The molecule has 2 amide bonds. The number of carbonyl (C=O) groups excluding carboxylic acids is 2. The third-order valence-corrected chi connectivity index (χ3v) is 3.69. The number of nitrogens with zero attached hydrogens (tertiary/aromatic N) is 1. The SMILES string of the molecule is CC(C)C(=O)Nc1ccc(C(=O)NN=C2CCCCC2)cc1. The molecule has 0 bridgehead atoms. The van der Waals surface area contributed by atoms with Crippen LogP contribution in [0.4, 0.5) is 5.69 Å². The van der Waals surface area contributed by atoms with E-state index >= 15 is 0 Å². The molecule has 0 atom stereocenters. The highest BCUT2D eigenvalue weighted by Gasteiger charge is 2.10. The van der Waals surface area contributed by atoms with Crippen molar-refractivity contribution in [2.24, 2.45) is 11.0 Å². The molecule has 0 aromatic heterocycles. The van der Waals surface area contributed by atoms with Gasteiger partial charge in [0.05, 0.1) is 0 Å². The van der Waals surface area contributed by atoms with Gasteiger partial charge in [0.1, 0.15) is 0 Å². The van der Waals surface area contributed by atoms with Crippen LogP contribution in [0.5, 0.6) is 0 Å². The van der Waals surface area contributed by atoms with Crippen molar-refractivity contribution in [3.63, 3.8) is 0 Å². The average Bonchev–Trinajstić information content (AvgIpc) is 2.54. The number of hydrogen-bond acceptors (Lipinski definition) is 3. The second-order valence-electron chi connectivity index (χ2n) is 5.90. The van der Waals surface area contributed by atoms with E-state index in [1.165, 1.54) is 6.42 Å². The van der Waals surface area contributed by atoms with Crippen LogP contribution in [0.25, 0.3) is 0 Å². The molecule has 1 aromatic rings. The van der Waals surface area contributed by atoms with Gasteiger partial charge in [-0.3, -0.25) is 9.59 Å². The lowest BCUT2D eigenvalue weighted by atomic mass is 9.99. The maximum Gasteiger partial charge on any atom is 0.271 e. The van der Waals surface area contributed by atoms with Gasteiger partial charge >= 0.3 is 0 Å². The molecule has 0 spiro atoms. The Morgan fingerprint density at radius 2 is 1.68 bits per heavy atom. The van der Waals surface area contributed by atoms with Gasteiger partial charge in [-0.1, -0.05) is 20.3 Å². The van der Waals surface area contributed by atoms with E-state index in [4.69, 9.17) is 0 Å². The summed E-state index contributed by atoms with van der Waals surface area (Å²) in [5.41, 5.74) is 4.90. The first-order chi connectivity index (χ1) is 10.6. The van der Waals surface area contributed by atoms with E-state index < -0.39 is 0 Å². The minimum Gasteiger partial charge on any atom is -0.326 e. The van der Waals surface area contributed by atoms with Crippen LogP contribution in [0, 0.1) is 5.92 Å². The number of carbonyl (C=O) groups is 2. The highest BCUT2D eigenvalue weighted by Crippen LogP contribution is 2.14. The van der Waals surface area contributed by atoms with Crippen LogP contribution < -0.4 is 10.7 Å².